The minimum absolute atomic E-state index is 0.652. The van der Waals surface area contributed by atoms with E-state index in [-0.39, 0.29) is 0 Å². The van der Waals surface area contributed by atoms with E-state index in [2.05, 4.69) is 36.9 Å². The lowest BCUT2D eigenvalue weighted by Crippen LogP contribution is -2.08. The lowest BCUT2D eigenvalue weighted by Gasteiger charge is -2.15. The number of nitrogens with zero attached hydrogens (tertiary/aromatic N) is 1. The van der Waals surface area contributed by atoms with E-state index >= 15 is 0 Å². The Morgan fingerprint density at radius 3 is 2.73 bits per heavy atom. The molecule has 86 valence electrons. The maximum atomic E-state index is 5.59. The Hall–Kier alpha value is -0.760. The van der Waals surface area contributed by atoms with Crippen molar-refractivity contribution in [2.45, 2.75) is 52.6 Å². The van der Waals surface area contributed by atoms with Gasteiger partial charge in [-0.2, -0.15) is 0 Å². The van der Waals surface area contributed by atoms with E-state index < -0.39 is 0 Å². The van der Waals surface area contributed by atoms with E-state index in [1.807, 2.05) is 0 Å². The van der Waals surface area contributed by atoms with Gasteiger partial charge in [0, 0.05) is 25.5 Å². The zero-order valence-electron chi connectivity index (χ0n) is 10.1. The fourth-order valence-electron chi connectivity index (χ4n) is 1.94. The summed E-state index contributed by atoms with van der Waals surface area (Å²) >= 11 is 0. The van der Waals surface area contributed by atoms with Crippen LogP contribution in [0.1, 0.15) is 45.1 Å². The molecule has 2 heteroatoms. The molecule has 1 rings (SSSR count). The molecule has 0 spiro atoms. The fourth-order valence-corrected chi connectivity index (χ4v) is 1.94. The highest BCUT2D eigenvalue weighted by molar-refractivity contribution is 5.09. The molecule has 0 saturated carbocycles. The van der Waals surface area contributed by atoms with Crippen LogP contribution >= 0.6 is 0 Å². The number of hydrogen-bond acceptors (Lipinski definition) is 1. The third kappa shape index (κ3) is 4.08. The third-order valence-electron chi connectivity index (χ3n) is 3.06. The van der Waals surface area contributed by atoms with Gasteiger partial charge in [0.05, 0.1) is 0 Å². The monoisotopic (exact) mass is 208 g/mol. The maximum Gasteiger partial charge on any atom is 0.0247 e. The molecule has 0 fully saturated rings. The smallest absolute Gasteiger partial charge is 0.0247 e. The topological polar surface area (TPSA) is 30.9 Å². The fraction of sp³-hybridized carbons (Fsp3) is 0.692. The SMILES string of the molecule is CCCCC(CC)Cn1ccc(CN)c1. The number of aromatic nitrogens is 1. The highest BCUT2D eigenvalue weighted by Crippen LogP contribution is 2.15. The summed E-state index contributed by atoms with van der Waals surface area (Å²) in [7, 11) is 0. The molecule has 0 radical (unpaired) electrons. The Balaban J connectivity index is 2.43. The molecule has 2 nitrogen and oxygen atoms in total. The third-order valence-corrected chi connectivity index (χ3v) is 3.06. The molecule has 1 aromatic heterocycles. The Bertz CT molecular complexity index is 265. The summed E-state index contributed by atoms with van der Waals surface area (Å²) in [6.45, 7) is 6.35. The van der Waals surface area contributed by atoms with Crippen molar-refractivity contribution in [3.63, 3.8) is 0 Å². The summed E-state index contributed by atoms with van der Waals surface area (Å²) in [4.78, 5) is 0. The minimum Gasteiger partial charge on any atom is -0.354 e. The van der Waals surface area contributed by atoms with Crippen LogP contribution in [-0.2, 0) is 13.1 Å². The van der Waals surface area contributed by atoms with Crippen LogP contribution in [0.4, 0.5) is 0 Å². The van der Waals surface area contributed by atoms with Crippen LogP contribution in [0, 0.1) is 5.92 Å². The number of hydrogen-bond donors (Lipinski definition) is 1. The summed E-state index contributed by atoms with van der Waals surface area (Å²) in [5.74, 6) is 0.822. The second-order valence-corrected chi connectivity index (χ2v) is 4.34. The number of nitrogens with two attached hydrogens (primary N) is 1. The lowest BCUT2D eigenvalue weighted by atomic mass is 9.99. The van der Waals surface area contributed by atoms with Crippen molar-refractivity contribution >= 4 is 0 Å². The first kappa shape index (κ1) is 12.3. The molecule has 2 N–H and O–H groups in total. The van der Waals surface area contributed by atoms with Crippen molar-refractivity contribution in [3.8, 4) is 0 Å². The van der Waals surface area contributed by atoms with E-state index in [0.717, 1.165) is 12.5 Å². The Labute approximate surface area is 93.5 Å². The molecule has 0 aliphatic carbocycles. The molecule has 0 aromatic carbocycles. The maximum absolute atomic E-state index is 5.59. The predicted octanol–water partition coefficient (Wildman–Crippen LogP) is 3.16. The van der Waals surface area contributed by atoms with E-state index in [1.165, 1.54) is 31.2 Å². The highest BCUT2D eigenvalue weighted by atomic mass is 14.9. The van der Waals surface area contributed by atoms with Gasteiger partial charge in [0.15, 0.2) is 0 Å². The first-order valence-electron chi connectivity index (χ1n) is 6.14. The van der Waals surface area contributed by atoms with Crippen LogP contribution in [0.5, 0.6) is 0 Å². The van der Waals surface area contributed by atoms with Crippen molar-refractivity contribution in [2.24, 2.45) is 11.7 Å². The molecule has 1 aromatic rings. The van der Waals surface area contributed by atoms with Crippen LogP contribution in [0.15, 0.2) is 18.5 Å². The first-order valence-corrected chi connectivity index (χ1v) is 6.14. The van der Waals surface area contributed by atoms with E-state index in [4.69, 9.17) is 5.73 Å². The van der Waals surface area contributed by atoms with E-state index in [1.54, 1.807) is 0 Å². The van der Waals surface area contributed by atoms with E-state index in [9.17, 15) is 0 Å². The molecular formula is C13H24N2. The van der Waals surface area contributed by atoms with Gasteiger partial charge in [-0.1, -0.05) is 33.1 Å². The standard InChI is InChI=1S/C13H24N2/c1-3-5-6-12(4-2)10-15-8-7-13(9-14)11-15/h7-8,11-12H,3-6,9-10,14H2,1-2H3. The molecular weight excluding hydrogens is 184 g/mol. The molecule has 1 heterocycles. The Morgan fingerprint density at radius 2 is 2.20 bits per heavy atom. The first-order chi connectivity index (χ1) is 7.30. The van der Waals surface area contributed by atoms with Gasteiger partial charge >= 0.3 is 0 Å². The lowest BCUT2D eigenvalue weighted by molar-refractivity contribution is 0.391. The predicted molar refractivity (Wildman–Crippen MR) is 65.6 cm³/mol. The molecule has 15 heavy (non-hydrogen) atoms. The van der Waals surface area contributed by atoms with Crippen molar-refractivity contribution in [1.82, 2.24) is 4.57 Å². The van der Waals surface area contributed by atoms with Crippen LogP contribution in [0.25, 0.3) is 0 Å². The second kappa shape index (κ2) is 6.67. The van der Waals surface area contributed by atoms with Gasteiger partial charge in [-0.05, 0) is 24.0 Å². The summed E-state index contributed by atoms with van der Waals surface area (Å²) < 4.78 is 2.28. The van der Waals surface area contributed by atoms with Gasteiger partial charge in [-0.15, -0.1) is 0 Å². The molecule has 0 aliphatic rings. The average Bonchev–Trinajstić information content (AvgIpc) is 2.71. The largest absolute Gasteiger partial charge is 0.354 e. The van der Waals surface area contributed by atoms with E-state index in [0.29, 0.717) is 6.54 Å². The number of rotatable bonds is 7. The molecule has 0 bridgehead atoms. The highest BCUT2D eigenvalue weighted by Gasteiger charge is 2.06. The van der Waals surface area contributed by atoms with Gasteiger partial charge in [0.25, 0.3) is 0 Å². The van der Waals surface area contributed by atoms with Crippen LogP contribution in [-0.4, -0.2) is 4.57 Å². The Kier molecular flexibility index (Phi) is 5.48. The zero-order chi connectivity index (χ0) is 11.1. The van der Waals surface area contributed by atoms with Crippen molar-refractivity contribution in [1.29, 1.82) is 0 Å². The molecule has 1 unspecified atom stereocenters. The quantitative estimate of drug-likeness (QED) is 0.733. The summed E-state index contributed by atoms with van der Waals surface area (Å²) in [5.41, 5.74) is 6.83. The van der Waals surface area contributed by atoms with Gasteiger partial charge in [-0.3, -0.25) is 0 Å². The van der Waals surface area contributed by atoms with Crippen molar-refractivity contribution < 1.29 is 0 Å². The minimum atomic E-state index is 0.652. The summed E-state index contributed by atoms with van der Waals surface area (Å²) in [6.07, 6.45) is 9.60. The molecule has 0 saturated heterocycles. The zero-order valence-corrected chi connectivity index (χ0v) is 10.1. The molecule has 0 amide bonds. The van der Waals surface area contributed by atoms with Crippen LogP contribution in [0.3, 0.4) is 0 Å². The second-order valence-electron chi connectivity index (χ2n) is 4.34. The summed E-state index contributed by atoms with van der Waals surface area (Å²) in [5, 5.41) is 0. The normalized spacial score (nSPS) is 13.0. The van der Waals surface area contributed by atoms with Crippen LogP contribution in [0.2, 0.25) is 0 Å². The van der Waals surface area contributed by atoms with Gasteiger partial charge < -0.3 is 10.3 Å². The molecule has 0 aliphatic heterocycles. The molecule has 1 atom stereocenters. The number of unbranched alkanes of at least 4 members (excludes halogenated alkanes) is 1. The van der Waals surface area contributed by atoms with Gasteiger partial charge in [0.1, 0.15) is 0 Å². The van der Waals surface area contributed by atoms with Crippen molar-refractivity contribution in [3.05, 3.63) is 24.0 Å². The van der Waals surface area contributed by atoms with Gasteiger partial charge in [-0.25, -0.2) is 0 Å². The summed E-state index contributed by atoms with van der Waals surface area (Å²) in [6, 6.07) is 2.12. The average molecular weight is 208 g/mol. The van der Waals surface area contributed by atoms with Crippen molar-refractivity contribution in [2.75, 3.05) is 0 Å². The Morgan fingerprint density at radius 1 is 1.40 bits per heavy atom. The van der Waals surface area contributed by atoms with Gasteiger partial charge in [0.2, 0.25) is 0 Å². The van der Waals surface area contributed by atoms with Crippen LogP contribution < -0.4 is 5.73 Å².